The fourth-order valence-electron chi connectivity index (χ4n) is 3.80. The highest BCUT2D eigenvalue weighted by atomic mass is 35.5. The van der Waals surface area contributed by atoms with Gasteiger partial charge in [0.2, 0.25) is 0 Å². The van der Waals surface area contributed by atoms with E-state index in [-0.39, 0.29) is 30.6 Å². The molecule has 0 aliphatic carbocycles. The lowest BCUT2D eigenvalue weighted by atomic mass is 9.96. The van der Waals surface area contributed by atoms with Gasteiger partial charge in [-0.25, -0.2) is 0 Å². The minimum atomic E-state index is -0.885. The number of carboxylic acids is 1. The number of hydrogen-bond donors (Lipinski definition) is 4. The number of nitrogen functional groups attached to an aromatic ring is 1. The average Bonchev–Trinajstić information content (AvgIpc) is 3.30. The Kier molecular flexibility index (Phi) is 7.89. The second-order valence-electron chi connectivity index (χ2n) is 7.30. The zero-order chi connectivity index (χ0) is 19.7. The number of nitrogens with one attached hydrogen (secondary N) is 2. The molecule has 1 aromatic heterocycles. The first-order chi connectivity index (χ1) is 13.5. The fraction of sp³-hybridized carbons (Fsp3) is 0.273. The molecule has 0 saturated heterocycles. The number of furan rings is 1. The Hall–Kier alpha value is -2.54. The van der Waals surface area contributed by atoms with E-state index >= 15 is 0 Å². The third-order valence-corrected chi connectivity index (χ3v) is 5.35. The topological polar surface area (TPSA) is 112 Å². The monoisotopic (exact) mass is 449 g/mol. The molecule has 1 aliphatic heterocycles. The summed E-state index contributed by atoms with van der Waals surface area (Å²) in [6.45, 7) is 1.83. The van der Waals surface area contributed by atoms with Crippen molar-refractivity contribution in [3.63, 3.8) is 0 Å². The Labute approximate surface area is 187 Å². The third-order valence-electron chi connectivity index (χ3n) is 5.35. The molecule has 4 rings (SSSR count). The Morgan fingerprint density at radius 3 is 2.63 bits per heavy atom. The molecule has 160 valence electrons. The Bertz CT molecular complexity index is 1060. The lowest BCUT2D eigenvalue weighted by Crippen LogP contribution is -2.11. The third kappa shape index (κ3) is 4.95. The highest BCUT2D eigenvalue weighted by molar-refractivity contribution is 5.98. The largest absolute Gasteiger partial charge is 0.481 e. The summed E-state index contributed by atoms with van der Waals surface area (Å²) in [4.78, 5) is 11.8. The lowest BCUT2D eigenvalue weighted by Gasteiger charge is -2.10. The number of aryl methyl sites for hydroxylation is 1. The van der Waals surface area contributed by atoms with Gasteiger partial charge in [0, 0.05) is 24.0 Å². The van der Waals surface area contributed by atoms with Crippen LogP contribution < -0.4 is 11.1 Å². The second kappa shape index (κ2) is 9.98. The van der Waals surface area contributed by atoms with Crippen LogP contribution in [0.1, 0.15) is 46.8 Å². The number of fused-ring (bicyclic) bond motifs is 2. The van der Waals surface area contributed by atoms with Gasteiger partial charge < -0.3 is 20.6 Å². The smallest absolute Gasteiger partial charge is 0.314 e. The molecule has 0 radical (unpaired) electrons. The predicted molar refractivity (Wildman–Crippen MR) is 122 cm³/mol. The van der Waals surface area contributed by atoms with Gasteiger partial charge >= 0.3 is 5.97 Å². The van der Waals surface area contributed by atoms with Gasteiger partial charge in [-0.1, -0.05) is 18.2 Å². The van der Waals surface area contributed by atoms with Crippen molar-refractivity contribution in [1.29, 1.82) is 5.41 Å². The lowest BCUT2D eigenvalue weighted by molar-refractivity contribution is -0.139. The normalized spacial score (nSPS) is 13.2. The van der Waals surface area contributed by atoms with E-state index in [2.05, 4.69) is 23.5 Å². The van der Waals surface area contributed by atoms with Gasteiger partial charge in [-0.15, -0.1) is 24.8 Å². The van der Waals surface area contributed by atoms with Gasteiger partial charge in [-0.3, -0.25) is 10.2 Å². The van der Waals surface area contributed by atoms with Crippen molar-refractivity contribution >= 4 is 47.6 Å². The molecule has 8 heteroatoms. The van der Waals surface area contributed by atoms with E-state index in [9.17, 15) is 9.90 Å². The quantitative estimate of drug-likeness (QED) is 0.316. The summed E-state index contributed by atoms with van der Waals surface area (Å²) in [7, 11) is 0. The molecule has 0 saturated carbocycles. The molecule has 2 heterocycles. The van der Waals surface area contributed by atoms with Crippen LogP contribution in [0.4, 0.5) is 0 Å². The standard InChI is InChI=1S/C22H23N3O3.2ClH/c23-21(24)14-6-7-19-16(9-14)10-20(28-19)18(22(26)27)3-1-2-13-4-5-15-11-25-12-17(15)8-13;;/h4-10,18,25H,1-3,11-12H2,(H3,23,24)(H,26,27);2*1H. The molecular weight excluding hydrogens is 425 g/mol. The van der Waals surface area contributed by atoms with Gasteiger partial charge in [0.1, 0.15) is 23.1 Å². The van der Waals surface area contributed by atoms with Crippen molar-refractivity contribution in [2.24, 2.45) is 5.73 Å². The van der Waals surface area contributed by atoms with Crippen LogP contribution in [0.2, 0.25) is 0 Å². The van der Waals surface area contributed by atoms with Crippen LogP contribution >= 0.6 is 24.8 Å². The number of benzene rings is 2. The van der Waals surface area contributed by atoms with Crippen LogP contribution in [0.25, 0.3) is 11.0 Å². The van der Waals surface area contributed by atoms with Crippen molar-refractivity contribution < 1.29 is 14.3 Å². The van der Waals surface area contributed by atoms with E-state index in [1.54, 1.807) is 24.3 Å². The molecular formula is C22H25Cl2N3O3. The molecule has 0 bridgehead atoms. The zero-order valence-electron chi connectivity index (χ0n) is 16.3. The number of carbonyl (C=O) groups is 1. The van der Waals surface area contributed by atoms with Crippen molar-refractivity contribution in [2.45, 2.75) is 38.3 Å². The number of carboxylic acid groups (broad SMARTS) is 1. The van der Waals surface area contributed by atoms with Gasteiger partial charge in [0.25, 0.3) is 0 Å². The summed E-state index contributed by atoms with van der Waals surface area (Å²) in [6, 6.07) is 13.4. The SMILES string of the molecule is Cl.Cl.N=C(N)c1ccc2oc(C(CCCc3ccc4c(c3)CNC4)C(=O)O)cc2c1. The van der Waals surface area contributed by atoms with Crippen LogP contribution in [0, 0.1) is 5.41 Å². The van der Waals surface area contributed by atoms with E-state index in [0.29, 0.717) is 23.3 Å². The number of amidine groups is 1. The molecule has 5 N–H and O–H groups in total. The van der Waals surface area contributed by atoms with Crippen LogP contribution in [0.5, 0.6) is 0 Å². The van der Waals surface area contributed by atoms with Crippen LogP contribution in [-0.2, 0) is 24.3 Å². The number of nitrogens with two attached hydrogens (primary N) is 1. The molecule has 1 aliphatic rings. The second-order valence-corrected chi connectivity index (χ2v) is 7.30. The van der Waals surface area contributed by atoms with E-state index < -0.39 is 11.9 Å². The first-order valence-electron chi connectivity index (χ1n) is 9.43. The molecule has 1 atom stereocenters. The fourth-order valence-corrected chi connectivity index (χ4v) is 3.80. The van der Waals surface area contributed by atoms with Crippen molar-refractivity contribution in [2.75, 3.05) is 0 Å². The number of halogens is 2. The van der Waals surface area contributed by atoms with Crippen molar-refractivity contribution in [3.8, 4) is 0 Å². The van der Waals surface area contributed by atoms with Crippen LogP contribution in [0.3, 0.4) is 0 Å². The summed E-state index contributed by atoms with van der Waals surface area (Å²) in [5.41, 5.74) is 10.7. The minimum absolute atomic E-state index is 0. The maximum atomic E-state index is 11.8. The van der Waals surface area contributed by atoms with Crippen LogP contribution in [-0.4, -0.2) is 16.9 Å². The molecule has 0 fully saturated rings. The first-order valence-corrected chi connectivity index (χ1v) is 9.43. The van der Waals surface area contributed by atoms with Crippen LogP contribution in [0.15, 0.2) is 46.9 Å². The maximum absolute atomic E-state index is 11.8. The van der Waals surface area contributed by atoms with E-state index in [0.717, 1.165) is 31.3 Å². The van der Waals surface area contributed by atoms with Gasteiger partial charge in [0.05, 0.1) is 0 Å². The summed E-state index contributed by atoms with van der Waals surface area (Å²) >= 11 is 0. The van der Waals surface area contributed by atoms with E-state index in [4.69, 9.17) is 15.6 Å². The minimum Gasteiger partial charge on any atom is -0.481 e. The molecule has 30 heavy (non-hydrogen) atoms. The van der Waals surface area contributed by atoms with Gasteiger partial charge in [-0.05, 0) is 60.2 Å². The highest BCUT2D eigenvalue weighted by Gasteiger charge is 2.24. The Morgan fingerprint density at radius 1 is 1.13 bits per heavy atom. The Balaban J connectivity index is 0.00000160. The summed E-state index contributed by atoms with van der Waals surface area (Å²) in [5, 5.41) is 21.3. The van der Waals surface area contributed by atoms with E-state index in [1.165, 1.54) is 16.7 Å². The molecule has 0 spiro atoms. The molecule has 0 amide bonds. The summed E-state index contributed by atoms with van der Waals surface area (Å²) in [5.74, 6) is -1.15. The van der Waals surface area contributed by atoms with Gasteiger partial charge in [0.15, 0.2) is 0 Å². The Morgan fingerprint density at radius 2 is 1.90 bits per heavy atom. The maximum Gasteiger partial charge on any atom is 0.314 e. The van der Waals surface area contributed by atoms with E-state index in [1.807, 2.05) is 0 Å². The van der Waals surface area contributed by atoms with Crippen molar-refractivity contribution in [1.82, 2.24) is 5.32 Å². The van der Waals surface area contributed by atoms with Gasteiger partial charge in [-0.2, -0.15) is 0 Å². The first kappa shape index (κ1) is 23.7. The zero-order valence-corrected chi connectivity index (χ0v) is 17.9. The number of rotatable bonds is 7. The summed E-state index contributed by atoms with van der Waals surface area (Å²) < 4.78 is 5.79. The molecule has 1 unspecified atom stereocenters. The molecule has 3 aromatic rings. The molecule has 6 nitrogen and oxygen atoms in total. The number of aliphatic carboxylic acids is 1. The highest BCUT2D eigenvalue weighted by Crippen LogP contribution is 2.30. The average molecular weight is 450 g/mol. The van der Waals surface area contributed by atoms with Crippen molar-refractivity contribution in [3.05, 3.63) is 70.5 Å². The molecule has 2 aromatic carbocycles. The predicted octanol–water partition coefficient (Wildman–Crippen LogP) is 4.35. The number of hydrogen-bond acceptors (Lipinski definition) is 4. The summed E-state index contributed by atoms with van der Waals surface area (Å²) in [6.07, 6.45) is 2.11.